The second-order valence-corrected chi connectivity index (χ2v) is 5.41. The summed E-state index contributed by atoms with van der Waals surface area (Å²) in [4.78, 5) is 16.3. The van der Waals surface area contributed by atoms with Crippen LogP contribution in [0, 0.1) is 3.57 Å². The fourth-order valence-electron chi connectivity index (χ4n) is 0.902. The summed E-state index contributed by atoms with van der Waals surface area (Å²) in [7, 11) is 0. The van der Waals surface area contributed by atoms with Gasteiger partial charge in [-0.15, -0.1) is 0 Å². The molecule has 0 spiro atoms. The molecule has 0 unspecified atom stereocenters. The number of hydroxylamine groups is 1. The fraction of sp³-hybridized carbons (Fsp3) is 0.364. The first kappa shape index (κ1) is 13.1. The van der Waals surface area contributed by atoms with Crippen molar-refractivity contribution in [2.24, 2.45) is 0 Å². The van der Waals surface area contributed by atoms with E-state index in [-0.39, 0.29) is 0 Å². The Morgan fingerprint density at radius 1 is 1.25 bits per heavy atom. The molecule has 0 aliphatic rings. The van der Waals surface area contributed by atoms with Crippen molar-refractivity contribution in [2.75, 3.05) is 0 Å². The molecule has 1 rings (SSSR count). The zero-order chi connectivity index (χ0) is 12.2. The second kappa shape index (κ2) is 5.38. The van der Waals surface area contributed by atoms with Gasteiger partial charge in [0.25, 0.3) is 0 Å². The predicted octanol–water partition coefficient (Wildman–Crippen LogP) is 3.11. The zero-order valence-corrected chi connectivity index (χ0v) is 11.6. The molecule has 0 aromatic heterocycles. The van der Waals surface area contributed by atoms with E-state index >= 15 is 0 Å². The number of carbonyl (C=O) groups excluding carboxylic acids is 1. The van der Waals surface area contributed by atoms with E-state index in [4.69, 9.17) is 9.57 Å². The highest BCUT2D eigenvalue weighted by atomic mass is 127. The third kappa shape index (κ3) is 5.20. The Morgan fingerprint density at radius 3 is 2.31 bits per heavy atom. The van der Waals surface area contributed by atoms with Gasteiger partial charge in [-0.1, -0.05) is 0 Å². The fourth-order valence-corrected chi connectivity index (χ4v) is 1.26. The molecule has 0 radical (unpaired) electrons. The summed E-state index contributed by atoms with van der Waals surface area (Å²) in [5.41, 5.74) is 1.68. The third-order valence-electron chi connectivity index (χ3n) is 1.46. The van der Waals surface area contributed by atoms with Gasteiger partial charge in [0, 0.05) is 3.57 Å². The van der Waals surface area contributed by atoms with Crippen LogP contribution in [-0.2, 0) is 4.74 Å². The summed E-state index contributed by atoms with van der Waals surface area (Å²) in [6.45, 7) is 5.37. The zero-order valence-electron chi connectivity index (χ0n) is 9.41. The van der Waals surface area contributed by atoms with E-state index < -0.39 is 11.7 Å². The van der Waals surface area contributed by atoms with Crippen LogP contribution >= 0.6 is 22.6 Å². The Morgan fingerprint density at radius 2 is 1.81 bits per heavy atom. The van der Waals surface area contributed by atoms with Crippen molar-refractivity contribution in [3.63, 3.8) is 0 Å². The molecule has 1 aromatic rings. The molecule has 0 saturated heterocycles. The van der Waals surface area contributed by atoms with E-state index in [2.05, 4.69) is 28.1 Å². The minimum Gasteiger partial charge on any atom is -0.442 e. The molecule has 1 aromatic carbocycles. The topological polar surface area (TPSA) is 47.6 Å². The first-order valence-electron chi connectivity index (χ1n) is 4.78. The lowest BCUT2D eigenvalue weighted by Crippen LogP contribution is -2.34. The lowest BCUT2D eigenvalue weighted by molar-refractivity contribution is 0.0287. The highest BCUT2D eigenvalue weighted by Crippen LogP contribution is 2.13. The molecular weight excluding hydrogens is 321 g/mol. The number of nitrogens with one attached hydrogen (secondary N) is 1. The average molecular weight is 335 g/mol. The van der Waals surface area contributed by atoms with Crippen LogP contribution in [0.5, 0.6) is 5.75 Å². The first-order valence-corrected chi connectivity index (χ1v) is 5.86. The van der Waals surface area contributed by atoms with Gasteiger partial charge in [0.05, 0.1) is 0 Å². The molecule has 0 aliphatic heterocycles. The van der Waals surface area contributed by atoms with Crippen LogP contribution in [0.15, 0.2) is 24.3 Å². The Kier molecular flexibility index (Phi) is 4.40. The molecule has 0 aliphatic carbocycles. The molecule has 0 fully saturated rings. The summed E-state index contributed by atoms with van der Waals surface area (Å²) >= 11 is 2.19. The molecule has 0 atom stereocenters. The van der Waals surface area contributed by atoms with Gasteiger partial charge in [0.15, 0.2) is 5.75 Å². The summed E-state index contributed by atoms with van der Waals surface area (Å²) in [6, 6.07) is 7.29. The molecule has 4 nitrogen and oxygen atoms in total. The van der Waals surface area contributed by atoms with Gasteiger partial charge in [-0.2, -0.15) is 5.48 Å². The first-order chi connectivity index (χ1) is 7.37. The lowest BCUT2D eigenvalue weighted by atomic mass is 10.2. The van der Waals surface area contributed by atoms with Crippen LogP contribution in [-0.4, -0.2) is 11.7 Å². The van der Waals surface area contributed by atoms with E-state index in [1.54, 1.807) is 32.9 Å². The molecule has 88 valence electrons. The SMILES string of the molecule is CC(C)(C)OC(=O)NOc1ccc(I)cc1. The van der Waals surface area contributed by atoms with E-state index in [9.17, 15) is 4.79 Å². The Labute approximate surface area is 108 Å². The number of hydrogen-bond acceptors (Lipinski definition) is 3. The van der Waals surface area contributed by atoms with Crippen LogP contribution < -0.4 is 10.3 Å². The maximum absolute atomic E-state index is 11.2. The van der Waals surface area contributed by atoms with Gasteiger partial charge in [-0.3, -0.25) is 0 Å². The Bertz CT molecular complexity index is 356. The molecular formula is C11H14INO3. The number of amides is 1. The molecule has 0 heterocycles. The summed E-state index contributed by atoms with van der Waals surface area (Å²) in [5, 5.41) is 0. The van der Waals surface area contributed by atoms with Crippen molar-refractivity contribution in [3.05, 3.63) is 27.8 Å². The quantitative estimate of drug-likeness (QED) is 0.667. The standard InChI is InChI=1S/C11H14INO3/c1-11(2,3)15-10(14)13-16-9-6-4-8(12)5-7-9/h4-7H,1-3H3,(H,13,14). The predicted molar refractivity (Wildman–Crippen MR) is 69.2 cm³/mol. The highest BCUT2D eigenvalue weighted by Gasteiger charge is 2.16. The highest BCUT2D eigenvalue weighted by molar-refractivity contribution is 14.1. The normalized spacial score (nSPS) is 10.8. The van der Waals surface area contributed by atoms with Crippen LogP contribution in [0.25, 0.3) is 0 Å². The number of ether oxygens (including phenoxy) is 1. The monoisotopic (exact) mass is 335 g/mol. The van der Waals surface area contributed by atoms with Gasteiger partial charge in [-0.25, -0.2) is 4.79 Å². The number of hydrogen-bond donors (Lipinski definition) is 1. The third-order valence-corrected chi connectivity index (χ3v) is 2.18. The molecule has 0 saturated carbocycles. The minimum absolute atomic E-state index is 0.528. The smallest absolute Gasteiger partial charge is 0.441 e. The number of halogens is 1. The van der Waals surface area contributed by atoms with Gasteiger partial charge in [-0.05, 0) is 67.6 Å². The largest absolute Gasteiger partial charge is 0.442 e. The molecule has 0 bridgehead atoms. The molecule has 1 amide bonds. The van der Waals surface area contributed by atoms with Crippen molar-refractivity contribution in [3.8, 4) is 5.75 Å². The lowest BCUT2D eigenvalue weighted by Gasteiger charge is -2.19. The van der Waals surface area contributed by atoms with Crippen LogP contribution in [0.2, 0.25) is 0 Å². The number of benzene rings is 1. The van der Waals surface area contributed by atoms with Gasteiger partial charge in [0.2, 0.25) is 0 Å². The van der Waals surface area contributed by atoms with E-state index in [0.717, 1.165) is 3.57 Å². The summed E-state index contributed by atoms with van der Waals surface area (Å²) in [5.74, 6) is 0.561. The van der Waals surface area contributed by atoms with Crippen molar-refractivity contribution < 1.29 is 14.4 Å². The molecule has 1 N–H and O–H groups in total. The van der Waals surface area contributed by atoms with E-state index in [1.165, 1.54) is 0 Å². The maximum atomic E-state index is 11.2. The molecule has 5 heteroatoms. The number of carbonyl (C=O) groups is 1. The van der Waals surface area contributed by atoms with Crippen molar-refractivity contribution in [2.45, 2.75) is 26.4 Å². The van der Waals surface area contributed by atoms with Crippen LogP contribution in [0.3, 0.4) is 0 Å². The van der Waals surface area contributed by atoms with Crippen molar-refractivity contribution >= 4 is 28.7 Å². The average Bonchev–Trinajstić information content (AvgIpc) is 2.14. The van der Waals surface area contributed by atoms with Gasteiger partial charge < -0.3 is 9.57 Å². The number of rotatable bonds is 2. The van der Waals surface area contributed by atoms with Crippen LogP contribution in [0.1, 0.15) is 20.8 Å². The summed E-state index contributed by atoms with van der Waals surface area (Å²) < 4.78 is 6.11. The Balaban J connectivity index is 2.40. The van der Waals surface area contributed by atoms with Crippen molar-refractivity contribution in [1.29, 1.82) is 0 Å². The van der Waals surface area contributed by atoms with Gasteiger partial charge >= 0.3 is 6.09 Å². The van der Waals surface area contributed by atoms with Gasteiger partial charge in [0.1, 0.15) is 5.60 Å². The Hall–Kier alpha value is -0.980. The van der Waals surface area contributed by atoms with Crippen molar-refractivity contribution in [1.82, 2.24) is 5.48 Å². The maximum Gasteiger partial charge on any atom is 0.441 e. The van der Waals surface area contributed by atoms with E-state index in [0.29, 0.717) is 5.75 Å². The second-order valence-electron chi connectivity index (χ2n) is 4.16. The minimum atomic E-state index is -0.606. The molecule has 16 heavy (non-hydrogen) atoms. The van der Waals surface area contributed by atoms with Crippen LogP contribution in [0.4, 0.5) is 4.79 Å². The van der Waals surface area contributed by atoms with E-state index in [1.807, 2.05) is 12.1 Å². The summed E-state index contributed by atoms with van der Waals surface area (Å²) in [6.07, 6.45) is -0.606.